The van der Waals surface area contributed by atoms with Crippen LogP contribution in [0.15, 0.2) is 66.1 Å². The summed E-state index contributed by atoms with van der Waals surface area (Å²) in [7, 11) is 4.79. The summed E-state index contributed by atoms with van der Waals surface area (Å²) in [5, 5.41) is 6.08. The molecule has 2 aliphatic heterocycles. The Morgan fingerprint density at radius 1 is 1.14 bits per heavy atom. The van der Waals surface area contributed by atoms with Gasteiger partial charge in [-0.15, -0.1) is 0 Å². The molecule has 1 amide bonds. The molecule has 2 N–H and O–H groups in total. The van der Waals surface area contributed by atoms with Crippen LogP contribution in [0, 0.1) is 0 Å². The lowest BCUT2D eigenvalue weighted by molar-refractivity contribution is -0.111. The van der Waals surface area contributed by atoms with Crippen LogP contribution in [-0.4, -0.2) is 41.7 Å². The summed E-state index contributed by atoms with van der Waals surface area (Å²) in [6, 6.07) is 12.6. The highest BCUT2D eigenvalue weighted by Gasteiger charge is 2.20. The Kier molecular flexibility index (Phi) is 7.74. The maximum Gasteiger partial charge on any atom is 0.279 e. The summed E-state index contributed by atoms with van der Waals surface area (Å²) in [4.78, 5) is 33.6. The van der Waals surface area contributed by atoms with Gasteiger partial charge in [0.2, 0.25) is 11.9 Å². The summed E-state index contributed by atoms with van der Waals surface area (Å²) in [5.74, 6) is 1.70. The Labute approximate surface area is 219 Å². The normalized spacial score (nSPS) is 10.7. The molecule has 0 aliphatic carbocycles. The molecule has 0 saturated heterocycles. The first-order chi connectivity index (χ1) is 17.9. The predicted molar refractivity (Wildman–Crippen MR) is 145 cm³/mol. The van der Waals surface area contributed by atoms with Gasteiger partial charge in [-0.3, -0.25) is 14.2 Å². The summed E-state index contributed by atoms with van der Waals surface area (Å²) < 4.78 is 12.6. The Morgan fingerprint density at radius 3 is 2.54 bits per heavy atom. The molecule has 2 aliphatic rings. The lowest BCUT2D eigenvalue weighted by atomic mass is 10.0. The summed E-state index contributed by atoms with van der Waals surface area (Å²) in [6.07, 6.45) is 3.53. The van der Waals surface area contributed by atoms with Gasteiger partial charge in [0.05, 0.1) is 24.8 Å². The number of carbonyl (C=O) groups excluding carboxylic acids is 1. The number of hydrogen-bond acceptors (Lipinski definition) is 7. The number of aromatic nitrogens is 3. The Hall–Kier alpha value is -4.37. The molecule has 2 aromatic rings. The van der Waals surface area contributed by atoms with E-state index in [1.807, 2.05) is 28.8 Å². The third-order valence-electron chi connectivity index (χ3n) is 5.85. The number of hydrogen-bond donors (Lipinski definition) is 2. The van der Waals surface area contributed by atoms with Crippen LogP contribution < -0.4 is 25.7 Å². The van der Waals surface area contributed by atoms with Crippen molar-refractivity contribution in [3.63, 3.8) is 0 Å². The smallest absolute Gasteiger partial charge is 0.279 e. The number of rotatable bonds is 9. The average Bonchev–Trinajstić information content (AvgIpc) is 2.92. The molecule has 10 heteroatoms. The number of fused-ring (bicyclic) bond motifs is 1. The fourth-order valence-corrected chi connectivity index (χ4v) is 4.23. The third kappa shape index (κ3) is 5.41. The number of benzene rings is 2. The molecule has 37 heavy (non-hydrogen) atoms. The molecule has 0 atom stereocenters. The summed E-state index contributed by atoms with van der Waals surface area (Å²) in [6.45, 7) is 3.97. The zero-order chi connectivity index (χ0) is 26.5. The second-order valence-corrected chi connectivity index (χ2v) is 8.45. The topological polar surface area (TPSA) is 107 Å². The molecule has 2 aromatic carbocycles. The number of nitrogens with one attached hydrogen (secondary N) is 2. The molecule has 0 radical (unpaired) electrons. The van der Waals surface area contributed by atoms with Crippen LogP contribution in [0.2, 0.25) is 5.02 Å². The minimum absolute atomic E-state index is 0.267. The highest BCUT2D eigenvalue weighted by Crippen LogP contribution is 2.39. The van der Waals surface area contributed by atoms with Crippen LogP contribution in [0.4, 0.5) is 11.6 Å². The highest BCUT2D eigenvalue weighted by atomic mass is 35.5. The summed E-state index contributed by atoms with van der Waals surface area (Å²) in [5.41, 5.74) is 2.74. The summed E-state index contributed by atoms with van der Waals surface area (Å²) >= 11 is 6.53. The van der Waals surface area contributed by atoms with Crippen molar-refractivity contribution in [2.24, 2.45) is 0 Å². The monoisotopic (exact) mass is 519 g/mol. The standard InChI is InChI=1S/C27H26ClN5O4/c1-5-23(34)31-18-8-6-16(7-9-18)10-11-33-25-17(15-30-27(33)29-2)12-21(26(35)32-25)20-13-19(36-3)14-22(37-4)24(20)28/h5-9,12-15H,1,10-11H2,2-4H3,(H,29,30)(H,31,34). The van der Waals surface area contributed by atoms with Crippen LogP contribution in [0.25, 0.3) is 22.5 Å². The molecule has 0 bridgehead atoms. The second-order valence-electron chi connectivity index (χ2n) is 8.07. The van der Waals surface area contributed by atoms with Crippen molar-refractivity contribution in [1.29, 1.82) is 0 Å². The van der Waals surface area contributed by atoms with Gasteiger partial charge in [0.25, 0.3) is 5.56 Å². The van der Waals surface area contributed by atoms with Crippen molar-refractivity contribution in [1.82, 2.24) is 14.5 Å². The lowest BCUT2D eigenvalue weighted by Gasteiger charge is -2.19. The molecule has 0 spiro atoms. The zero-order valence-electron chi connectivity index (χ0n) is 20.7. The van der Waals surface area contributed by atoms with Crippen molar-refractivity contribution < 1.29 is 14.3 Å². The van der Waals surface area contributed by atoms with E-state index in [1.54, 1.807) is 31.4 Å². The second kappa shape index (κ2) is 11.1. The molecule has 9 nitrogen and oxygen atoms in total. The number of ether oxygens (including phenoxy) is 2. The van der Waals surface area contributed by atoms with Crippen molar-refractivity contribution in [2.45, 2.75) is 13.0 Å². The van der Waals surface area contributed by atoms with Gasteiger partial charge in [0.1, 0.15) is 17.3 Å². The van der Waals surface area contributed by atoms with E-state index in [1.165, 1.54) is 20.3 Å². The number of methoxy groups -OCH3 is 2. The van der Waals surface area contributed by atoms with Gasteiger partial charge in [0.15, 0.2) is 0 Å². The average molecular weight is 520 g/mol. The first kappa shape index (κ1) is 25.7. The zero-order valence-corrected chi connectivity index (χ0v) is 21.4. The molecule has 0 aromatic heterocycles. The maximum atomic E-state index is 13.2. The maximum absolute atomic E-state index is 13.2. The number of amides is 1. The SMILES string of the molecule is C=CC(=O)Nc1ccc(CCn2c(NC)ncc3cc(-c4cc(OC)cc(OC)c4Cl)c(=O)nc2-3)cc1. The largest absolute Gasteiger partial charge is 0.497 e. The molecule has 0 fully saturated rings. The molecule has 0 saturated carbocycles. The van der Waals surface area contributed by atoms with E-state index in [0.717, 1.165) is 5.56 Å². The van der Waals surface area contributed by atoms with E-state index < -0.39 is 5.56 Å². The van der Waals surface area contributed by atoms with Gasteiger partial charge in [-0.1, -0.05) is 30.3 Å². The Bertz CT molecular complexity index is 1480. The van der Waals surface area contributed by atoms with Crippen LogP contribution in [0.1, 0.15) is 5.56 Å². The minimum Gasteiger partial charge on any atom is -0.497 e. The predicted octanol–water partition coefficient (Wildman–Crippen LogP) is 4.49. The van der Waals surface area contributed by atoms with Crippen LogP contribution in [0.3, 0.4) is 0 Å². The van der Waals surface area contributed by atoms with E-state index in [0.29, 0.717) is 63.6 Å². The van der Waals surface area contributed by atoms with Gasteiger partial charge in [-0.25, -0.2) is 4.98 Å². The Morgan fingerprint density at radius 2 is 1.89 bits per heavy atom. The lowest BCUT2D eigenvalue weighted by Crippen LogP contribution is -2.20. The molecule has 2 heterocycles. The fourth-order valence-electron chi connectivity index (χ4n) is 3.94. The van der Waals surface area contributed by atoms with Gasteiger partial charge in [0, 0.05) is 42.7 Å². The Balaban J connectivity index is 1.70. The molecular formula is C27H26ClN5O4. The number of halogens is 1. The molecule has 4 rings (SSSR count). The number of aryl methyl sites for hydroxylation is 1. The quantitative estimate of drug-likeness (QED) is 0.314. The third-order valence-corrected chi connectivity index (χ3v) is 6.24. The highest BCUT2D eigenvalue weighted by molar-refractivity contribution is 6.35. The first-order valence-electron chi connectivity index (χ1n) is 11.4. The number of anilines is 2. The number of pyridine rings is 1. The van der Waals surface area contributed by atoms with Gasteiger partial charge in [-0.2, -0.15) is 4.98 Å². The number of nitrogens with zero attached hydrogens (tertiary/aromatic N) is 3. The van der Waals surface area contributed by atoms with Gasteiger partial charge in [-0.05, 0) is 42.3 Å². The molecular weight excluding hydrogens is 494 g/mol. The number of carbonyl (C=O) groups is 1. The van der Waals surface area contributed by atoms with E-state index >= 15 is 0 Å². The van der Waals surface area contributed by atoms with Crippen molar-refractivity contribution in [2.75, 3.05) is 31.9 Å². The minimum atomic E-state index is -0.436. The van der Waals surface area contributed by atoms with Crippen LogP contribution >= 0.6 is 11.6 Å². The van der Waals surface area contributed by atoms with Crippen LogP contribution in [0.5, 0.6) is 11.5 Å². The van der Waals surface area contributed by atoms with E-state index in [-0.39, 0.29) is 5.91 Å². The molecule has 190 valence electrons. The molecule has 0 unspecified atom stereocenters. The van der Waals surface area contributed by atoms with E-state index in [4.69, 9.17) is 21.1 Å². The van der Waals surface area contributed by atoms with E-state index in [2.05, 4.69) is 27.2 Å². The fraction of sp³-hybridized carbons (Fsp3) is 0.185. The van der Waals surface area contributed by atoms with Crippen molar-refractivity contribution in [3.05, 3.63) is 82.3 Å². The van der Waals surface area contributed by atoms with Crippen molar-refractivity contribution >= 4 is 29.1 Å². The van der Waals surface area contributed by atoms with Gasteiger partial charge < -0.3 is 20.1 Å². The van der Waals surface area contributed by atoms with E-state index in [9.17, 15) is 9.59 Å². The first-order valence-corrected chi connectivity index (χ1v) is 11.8. The van der Waals surface area contributed by atoms with Crippen molar-refractivity contribution in [3.8, 4) is 34.0 Å². The van der Waals surface area contributed by atoms with Crippen LogP contribution in [-0.2, 0) is 17.8 Å². The van der Waals surface area contributed by atoms with Gasteiger partial charge >= 0.3 is 0 Å².